The smallest absolute Gasteiger partial charge is 0.275 e. The van der Waals surface area contributed by atoms with Gasteiger partial charge in [-0.25, -0.2) is 4.98 Å². The zero-order valence-corrected chi connectivity index (χ0v) is 20.8. The molecule has 6 N–H and O–H groups in total. The van der Waals surface area contributed by atoms with Gasteiger partial charge in [0.15, 0.2) is 0 Å². The number of nitrogens with one attached hydrogen (secondary N) is 2. The fourth-order valence-corrected chi connectivity index (χ4v) is 4.38. The van der Waals surface area contributed by atoms with Crippen LogP contribution in [0.4, 0.5) is 0 Å². The van der Waals surface area contributed by atoms with Crippen molar-refractivity contribution < 1.29 is 20.3 Å². The van der Waals surface area contributed by atoms with Gasteiger partial charge >= 0.3 is 0 Å². The normalized spacial score (nSPS) is 15.0. The van der Waals surface area contributed by atoms with E-state index in [0.29, 0.717) is 41.2 Å². The van der Waals surface area contributed by atoms with E-state index in [2.05, 4.69) is 15.3 Å². The van der Waals surface area contributed by atoms with Crippen molar-refractivity contribution in [3.8, 4) is 16.3 Å². The van der Waals surface area contributed by atoms with E-state index in [0.717, 1.165) is 16.1 Å². The summed E-state index contributed by atoms with van der Waals surface area (Å²) < 4.78 is 0. The lowest BCUT2D eigenvalue weighted by Gasteiger charge is -2.19. The Morgan fingerprint density at radius 2 is 1.86 bits per heavy atom. The van der Waals surface area contributed by atoms with E-state index in [9.17, 15) is 15.0 Å². The maximum absolute atomic E-state index is 13.2. The van der Waals surface area contributed by atoms with Crippen molar-refractivity contribution in [3.63, 3.8) is 0 Å². The lowest BCUT2D eigenvalue weighted by Crippen LogP contribution is -2.79. The van der Waals surface area contributed by atoms with E-state index in [1.165, 1.54) is 11.3 Å². The number of carbonyl (C=O) groups is 1. The van der Waals surface area contributed by atoms with Gasteiger partial charge in [0, 0.05) is 41.0 Å². The summed E-state index contributed by atoms with van der Waals surface area (Å²) >= 11 is 1.38. The molecule has 0 aliphatic heterocycles. The summed E-state index contributed by atoms with van der Waals surface area (Å²) in [7, 11) is 0. The Bertz CT molecular complexity index is 1350. The number of hydrogen-bond acceptors (Lipinski definition) is 7. The fraction of sp³-hybridized carbons (Fsp3) is 0.185. The fourth-order valence-electron chi connectivity index (χ4n) is 3.58. The van der Waals surface area contributed by atoms with Gasteiger partial charge in [-0.15, -0.1) is 11.3 Å². The molecule has 2 heterocycles. The molecule has 0 unspecified atom stereocenters. The first-order valence-corrected chi connectivity index (χ1v) is 12.3. The number of thiazole rings is 1. The first kappa shape index (κ1) is 25.2. The number of benzene rings is 1. The number of carbonyl (C=O) groups excluding carboxylic acids is 1. The molecule has 184 valence electrons. The molecular formula is C27H28N5O3S+. The highest BCUT2D eigenvalue weighted by atomic mass is 32.1. The lowest BCUT2D eigenvalue weighted by molar-refractivity contribution is -0.590. The van der Waals surface area contributed by atoms with Gasteiger partial charge in [0.25, 0.3) is 5.91 Å². The van der Waals surface area contributed by atoms with Crippen LogP contribution < -0.4 is 10.6 Å². The molecule has 1 aromatic carbocycles. The number of hydrogen-bond donors (Lipinski definition) is 5. The average molecular weight is 503 g/mol. The van der Waals surface area contributed by atoms with Gasteiger partial charge in [0.2, 0.25) is 0 Å². The van der Waals surface area contributed by atoms with Crippen LogP contribution in [-0.4, -0.2) is 43.9 Å². The Hall–Kier alpha value is -3.92. The van der Waals surface area contributed by atoms with Gasteiger partial charge in [0.1, 0.15) is 22.7 Å². The highest BCUT2D eigenvalue weighted by Crippen LogP contribution is 2.29. The molecule has 1 amide bonds. The number of quaternary nitrogens is 1. The maximum Gasteiger partial charge on any atom is 0.275 e. The standard InChI is InChI=1S/C27H27N5O3S/c1-27(2,35)9-12-30-15-19-13-23(21(14-22(19)28)17-3-5-20(33)6-4-17)31-25(34)24-16-36-26(32-24)18-7-10-29-11-8-18/h3-8,10-11,13-16,28,30,33,35H,9,12H2,1-2H3,(H,31,34)/p+1/b19-15-,28-22?. The molecule has 9 heteroatoms. The first-order chi connectivity index (χ1) is 17.2. The summed E-state index contributed by atoms with van der Waals surface area (Å²) in [4.78, 5) is 21.7. The van der Waals surface area contributed by atoms with Gasteiger partial charge in [0.05, 0.1) is 23.4 Å². The Balaban J connectivity index is 1.59. The molecule has 4 rings (SSSR count). The topological polar surface area (TPSA) is 136 Å². The molecule has 1 aliphatic carbocycles. The summed E-state index contributed by atoms with van der Waals surface area (Å²) in [6, 6.07) is 10.3. The molecule has 1 aliphatic rings. The molecule has 0 atom stereocenters. The highest BCUT2D eigenvalue weighted by Gasteiger charge is 2.22. The third kappa shape index (κ3) is 6.39. The zero-order valence-electron chi connectivity index (χ0n) is 20.0. The average Bonchev–Trinajstić information content (AvgIpc) is 3.34. The van der Waals surface area contributed by atoms with Crippen LogP contribution in [0.2, 0.25) is 0 Å². The minimum atomic E-state index is -0.765. The van der Waals surface area contributed by atoms with E-state index in [-0.39, 0.29) is 11.7 Å². The Labute approximate surface area is 213 Å². The van der Waals surface area contributed by atoms with Crippen molar-refractivity contribution in [2.45, 2.75) is 25.9 Å². The maximum atomic E-state index is 13.2. The molecule has 3 aromatic rings. The molecule has 0 saturated heterocycles. The van der Waals surface area contributed by atoms with Crippen molar-refractivity contribution in [3.05, 3.63) is 95.1 Å². The SMILES string of the molecule is CC(C)(O)CC[NH2+]/C=C1/C=C(NC(=O)c2csc(-c3ccncc3)n2)C(c2ccc(O)cc2)=CC1=N. The van der Waals surface area contributed by atoms with Crippen LogP contribution in [0.5, 0.6) is 5.75 Å². The lowest BCUT2D eigenvalue weighted by atomic mass is 9.92. The van der Waals surface area contributed by atoms with Crippen LogP contribution in [0.25, 0.3) is 16.1 Å². The number of nitrogens with two attached hydrogens (primary N) is 1. The number of allylic oxidation sites excluding steroid dienone is 4. The second-order valence-electron chi connectivity index (χ2n) is 9.01. The summed E-state index contributed by atoms with van der Waals surface area (Å²) in [5.41, 5.74) is 3.29. The van der Waals surface area contributed by atoms with Crippen LogP contribution in [0, 0.1) is 5.41 Å². The first-order valence-electron chi connectivity index (χ1n) is 11.4. The van der Waals surface area contributed by atoms with Gasteiger partial charge in [-0.3, -0.25) is 9.78 Å². The number of aromatic nitrogens is 2. The van der Waals surface area contributed by atoms with Gasteiger partial charge in [-0.05, 0) is 55.8 Å². The van der Waals surface area contributed by atoms with Crippen LogP contribution in [-0.2, 0) is 0 Å². The molecule has 0 radical (unpaired) electrons. The number of aromatic hydroxyl groups is 1. The van der Waals surface area contributed by atoms with Crippen LogP contribution >= 0.6 is 11.3 Å². The van der Waals surface area contributed by atoms with E-state index in [1.54, 1.807) is 68.0 Å². The second-order valence-corrected chi connectivity index (χ2v) is 9.87. The summed E-state index contributed by atoms with van der Waals surface area (Å²) in [5, 5.41) is 35.5. The Morgan fingerprint density at radius 1 is 1.14 bits per heavy atom. The van der Waals surface area contributed by atoms with Crippen LogP contribution in [0.3, 0.4) is 0 Å². The van der Waals surface area contributed by atoms with Gasteiger partial charge in [-0.1, -0.05) is 12.1 Å². The number of phenols is 1. The molecule has 2 aromatic heterocycles. The number of rotatable bonds is 8. The van der Waals surface area contributed by atoms with Crippen molar-refractivity contribution in [1.29, 1.82) is 5.41 Å². The van der Waals surface area contributed by atoms with Crippen molar-refractivity contribution in [2.75, 3.05) is 6.54 Å². The summed E-state index contributed by atoms with van der Waals surface area (Å²) in [6.45, 7) is 4.17. The number of nitrogens with zero attached hydrogens (tertiary/aromatic N) is 2. The monoisotopic (exact) mass is 502 g/mol. The number of phenolic OH excluding ortho intramolecular Hbond substituents is 1. The van der Waals surface area contributed by atoms with E-state index >= 15 is 0 Å². The summed E-state index contributed by atoms with van der Waals surface area (Å²) in [5.74, 6) is -0.228. The van der Waals surface area contributed by atoms with Crippen molar-refractivity contribution >= 4 is 28.5 Å². The molecule has 36 heavy (non-hydrogen) atoms. The number of amides is 1. The summed E-state index contributed by atoms with van der Waals surface area (Å²) in [6.07, 6.45) is 9.24. The molecule has 0 bridgehead atoms. The molecule has 0 spiro atoms. The van der Waals surface area contributed by atoms with E-state index in [1.807, 2.05) is 23.6 Å². The van der Waals surface area contributed by atoms with E-state index in [4.69, 9.17) is 5.41 Å². The van der Waals surface area contributed by atoms with Crippen molar-refractivity contribution in [1.82, 2.24) is 15.3 Å². The number of aliphatic hydroxyl groups is 1. The highest BCUT2D eigenvalue weighted by molar-refractivity contribution is 7.13. The van der Waals surface area contributed by atoms with Gasteiger partial charge < -0.3 is 26.3 Å². The van der Waals surface area contributed by atoms with Gasteiger partial charge in [-0.2, -0.15) is 0 Å². The quantitative estimate of drug-likeness (QED) is 0.301. The molecule has 8 nitrogen and oxygen atoms in total. The predicted molar refractivity (Wildman–Crippen MR) is 140 cm³/mol. The molecular weight excluding hydrogens is 474 g/mol. The minimum Gasteiger partial charge on any atom is -0.508 e. The number of pyridine rings is 1. The van der Waals surface area contributed by atoms with E-state index < -0.39 is 5.60 Å². The minimum absolute atomic E-state index is 0.132. The zero-order chi connectivity index (χ0) is 25.7. The van der Waals surface area contributed by atoms with Crippen molar-refractivity contribution in [2.24, 2.45) is 0 Å². The second kappa shape index (κ2) is 10.8. The molecule has 0 saturated carbocycles. The largest absolute Gasteiger partial charge is 0.508 e. The predicted octanol–water partition coefficient (Wildman–Crippen LogP) is 3.25. The van der Waals surface area contributed by atoms with Crippen LogP contribution in [0.15, 0.2) is 83.8 Å². The third-order valence-corrected chi connectivity index (χ3v) is 6.39. The molecule has 0 fully saturated rings. The van der Waals surface area contributed by atoms with Crippen LogP contribution in [0.1, 0.15) is 36.3 Å². The Kier molecular flexibility index (Phi) is 7.54. The Morgan fingerprint density at radius 3 is 2.56 bits per heavy atom. The third-order valence-electron chi connectivity index (χ3n) is 5.50.